The lowest BCUT2D eigenvalue weighted by Gasteiger charge is -2.36. The van der Waals surface area contributed by atoms with E-state index in [1.807, 2.05) is 11.8 Å². The Balaban J connectivity index is 1.26. The predicted octanol–water partition coefficient (Wildman–Crippen LogP) is 2.07. The van der Waals surface area contributed by atoms with Gasteiger partial charge in [-0.05, 0) is 49.7 Å². The highest BCUT2D eigenvalue weighted by Gasteiger charge is 2.24. The molecule has 2 heterocycles. The number of benzene rings is 2. The molecule has 0 aromatic heterocycles. The highest BCUT2D eigenvalue weighted by atomic mass is 32.2. The molecule has 2 aromatic carbocycles. The van der Waals surface area contributed by atoms with Crippen molar-refractivity contribution in [2.75, 3.05) is 63.9 Å². The quantitative estimate of drug-likeness (QED) is 0.518. The van der Waals surface area contributed by atoms with Crippen molar-refractivity contribution in [1.82, 2.24) is 15.1 Å². The molecule has 3 N–H and O–H groups in total. The van der Waals surface area contributed by atoms with Gasteiger partial charge in [0.25, 0.3) is 0 Å². The molecule has 0 saturated carbocycles. The zero-order valence-corrected chi connectivity index (χ0v) is 20.1. The average Bonchev–Trinajstić information content (AvgIpc) is 2.83. The molecule has 0 radical (unpaired) electrons. The van der Waals surface area contributed by atoms with Gasteiger partial charge in [-0.1, -0.05) is 30.0 Å². The van der Waals surface area contributed by atoms with Crippen LogP contribution in [-0.2, 0) is 4.79 Å². The van der Waals surface area contributed by atoms with Crippen LogP contribution in [0.3, 0.4) is 0 Å². The number of amides is 1. The minimum Gasteiger partial charge on any atom is -0.394 e. The van der Waals surface area contributed by atoms with E-state index in [-0.39, 0.29) is 19.1 Å². The highest BCUT2D eigenvalue weighted by Crippen LogP contribution is 2.48. The zero-order valence-electron chi connectivity index (χ0n) is 19.2. The van der Waals surface area contributed by atoms with E-state index in [1.165, 1.54) is 26.7 Å². The summed E-state index contributed by atoms with van der Waals surface area (Å²) in [6, 6.07) is 15.4. The predicted molar refractivity (Wildman–Crippen MR) is 132 cm³/mol. The first-order chi connectivity index (χ1) is 16.0. The number of piperazine rings is 1. The standard InChI is InChI=1S/C25H34N4O3S/c1-19-7-8-24-22(15-19)29(21-5-2-3-6-23(21)33-24)10-4-9-27-11-13-28(14-12-27)17-25(32)26-16-20(31)18-30/h2-3,5-8,15,20,30-31H,4,9-14,16-18H2,1H3,(H,26,32)/t20-/m0/s1. The van der Waals surface area contributed by atoms with Gasteiger partial charge in [0.1, 0.15) is 0 Å². The average molecular weight is 471 g/mol. The first-order valence-electron chi connectivity index (χ1n) is 11.7. The molecular weight excluding hydrogens is 436 g/mol. The smallest absolute Gasteiger partial charge is 0.234 e. The largest absolute Gasteiger partial charge is 0.394 e. The summed E-state index contributed by atoms with van der Waals surface area (Å²) in [7, 11) is 0. The molecule has 0 spiro atoms. The second kappa shape index (κ2) is 11.4. The second-order valence-corrected chi connectivity index (χ2v) is 9.89. The Labute approximate surface area is 200 Å². The second-order valence-electron chi connectivity index (χ2n) is 8.80. The summed E-state index contributed by atoms with van der Waals surface area (Å²) in [5.41, 5.74) is 3.88. The lowest BCUT2D eigenvalue weighted by Crippen LogP contribution is -2.50. The summed E-state index contributed by atoms with van der Waals surface area (Å²) in [4.78, 5) is 21.7. The van der Waals surface area contributed by atoms with Crippen LogP contribution < -0.4 is 10.2 Å². The number of rotatable bonds is 9. The van der Waals surface area contributed by atoms with Crippen molar-refractivity contribution in [3.8, 4) is 0 Å². The molecular formula is C25H34N4O3S. The fraction of sp³-hybridized carbons (Fsp3) is 0.480. The van der Waals surface area contributed by atoms with Crippen LogP contribution in [0.5, 0.6) is 0 Å². The summed E-state index contributed by atoms with van der Waals surface area (Å²) in [5, 5.41) is 20.9. The van der Waals surface area contributed by atoms with Gasteiger partial charge in [0.2, 0.25) is 5.91 Å². The lowest BCUT2D eigenvalue weighted by molar-refractivity contribution is -0.123. The molecule has 4 rings (SSSR count). The Kier molecular flexibility index (Phi) is 8.27. The molecule has 1 fully saturated rings. The molecule has 0 bridgehead atoms. The first-order valence-corrected chi connectivity index (χ1v) is 12.5. The highest BCUT2D eigenvalue weighted by molar-refractivity contribution is 7.99. The minimum atomic E-state index is -0.896. The van der Waals surface area contributed by atoms with Gasteiger partial charge in [-0.2, -0.15) is 0 Å². The molecule has 2 aromatic rings. The van der Waals surface area contributed by atoms with Crippen LogP contribution in [0, 0.1) is 6.92 Å². The van der Waals surface area contributed by atoms with Crippen LogP contribution in [0.1, 0.15) is 12.0 Å². The van der Waals surface area contributed by atoms with Crippen LogP contribution in [-0.4, -0.2) is 91.0 Å². The fourth-order valence-electron chi connectivity index (χ4n) is 4.36. The number of nitrogens with zero attached hydrogens (tertiary/aromatic N) is 3. The molecule has 1 amide bonds. The number of carbonyl (C=O) groups excluding carboxylic acids is 1. The lowest BCUT2D eigenvalue weighted by atomic mass is 10.1. The van der Waals surface area contributed by atoms with E-state index >= 15 is 0 Å². The van der Waals surface area contributed by atoms with Gasteiger partial charge in [-0.3, -0.25) is 9.69 Å². The van der Waals surface area contributed by atoms with Gasteiger partial charge in [0, 0.05) is 49.1 Å². The van der Waals surface area contributed by atoms with Crippen LogP contribution >= 0.6 is 11.8 Å². The monoisotopic (exact) mass is 470 g/mol. The summed E-state index contributed by atoms with van der Waals surface area (Å²) in [6.45, 7) is 7.88. The zero-order chi connectivity index (χ0) is 23.2. The molecule has 1 atom stereocenters. The van der Waals surface area contributed by atoms with Crippen molar-refractivity contribution in [2.24, 2.45) is 0 Å². The van der Waals surface area contributed by atoms with E-state index in [9.17, 15) is 9.90 Å². The minimum absolute atomic E-state index is 0.0933. The van der Waals surface area contributed by atoms with E-state index in [2.05, 4.69) is 69.4 Å². The maximum Gasteiger partial charge on any atom is 0.234 e. The van der Waals surface area contributed by atoms with Gasteiger partial charge in [-0.15, -0.1) is 0 Å². The molecule has 0 unspecified atom stereocenters. The van der Waals surface area contributed by atoms with Gasteiger partial charge in [-0.25, -0.2) is 0 Å². The number of anilines is 2. The number of aliphatic hydroxyl groups excluding tert-OH is 2. The molecule has 178 valence electrons. The van der Waals surface area contributed by atoms with E-state index in [0.29, 0.717) is 6.54 Å². The first kappa shape index (κ1) is 24.0. The van der Waals surface area contributed by atoms with Gasteiger partial charge in [0.05, 0.1) is 30.6 Å². The van der Waals surface area contributed by atoms with Crippen molar-refractivity contribution >= 4 is 29.0 Å². The Morgan fingerprint density at radius 2 is 1.76 bits per heavy atom. The van der Waals surface area contributed by atoms with Crippen LogP contribution in [0.15, 0.2) is 52.3 Å². The number of carbonyl (C=O) groups is 1. The van der Waals surface area contributed by atoms with Crippen molar-refractivity contribution in [1.29, 1.82) is 0 Å². The van der Waals surface area contributed by atoms with Gasteiger partial charge >= 0.3 is 0 Å². The van der Waals surface area contributed by atoms with E-state index in [1.54, 1.807) is 0 Å². The normalized spacial score (nSPS) is 17.4. The van der Waals surface area contributed by atoms with Crippen LogP contribution in [0.2, 0.25) is 0 Å². The third kappa shape index (κ3) is 6.28. The number of para-hydroxylation sites is 1. The van der Waals surface area contributed by atoms with E-state index < -0.39 is 6.10 Å². The van der Waals surface area contributed by atoms with Crippen molar-refractivity contribution in [3.05, 3.63) is 48.0 Å². The molecule has 33 heavy (non-hydrogen) atoms. The van der Waals surface area contributed by atoms with Crippen molar-refractivity contribution in [2.45, 2.75) is 29.2 Å². The van der Waals surface area contributed by atoms with Gasteiger partial charge < -0.3 is 25.3 Å². The van der Waals surface area contributed by atoms with E-state index in [4.69, 9.17) is 5.11 Å². The number of hydrogen-bond acceptors (Lipinski definition) is 7. The maximum atomic E-state index is 12.0. The number of nitrogens with one attached hydrogen (secondary N) is 1. The summed E-state index contributed by atoms with van der Waals surface area (Å²) in [5.74, 6) is -0.105. The third-order valence-electron chi connectivity index (χ3n) is 6.21. The van der Waals surface area contributed by atoms with Crippen molar-refractivity contribution in [3.63, 3.8) is 0 Å². The van der Waals surface area contributed by atoms with Crippen LogP contribution in [0.4, 0.5) is 11.4 Å². The molecule has 8 heteroatoms. The summed E-state index contributed by atoms with van der Waals surface area (Å²) < 4.78 is 0. The topological polar surface area (TPSA) is 79.3 Å². The molecule has 0 aliphatic carbocycles. The Morgan fingerprint density at radius 1 is 1.03 bits per heavy atom. The van der Waals surface area contributed by atoms with Crippen LogP contribution in [0.25, 0.3) is 0 Å². The molecule has 2 aliphatic heterocycles. The van der Waals surface area contributed by atoms with E-state index in [0.717, 1.165) is 45.7 Å². The third-order valence-corrected chi connectivity index (χ3v) is 7.35. The number of fused-ring (bicyclic) bond motifs is 2. The number of hydrogen-bond donors (Lipinski definition) is 3. The molecule has 1 saturated heterocycles. The van der Waals surface area contributed by atoms with Crippen molar-refractivity contribution < 1.29 is 15.0 Å². The molecule has 7 nitrogen and oxygen atoms in total. The Hall–Kier alpha value is -2.10. The Bertz CT molecular complexity index is 949. The number of aliphatic hydroxyl groups is 2. The Morgan fingerprint density at radius 3 is 2.55 bits per heavy atom. The summed E-state index contributed by atoms with van der Waals surface area (Å²) in [6.07, 6.45) is 0.179. The molecule has 2 aliphatic rings. The summed E-state index contributed by atoms with van der Waals surface area (Å²) >= 11 is 1.85. The van der Waals surface area contributed by atoms with Gasteiger partial charge in [0.15, 0.2) is 0 Å². The number of aryl methyl sites for hydroxylation is 1. The maximum absolute atomic E-state index is 12.0. The fourth-order valence-corrected chi connectivity index (χ4v) is 5.43. The SMILES string of the molecule is Cc1ccc2c(c1)N(CCCN1CCN(CC(=O)NC[C@H](O)CO)CC1)c1ccccc1S2.